The first-order valence-corrected chi connectivity index (χ1v) is 15.1. The van der Waals surface area contributed by atoms with E-state index in [0.29, 0.717) is 0 Å². The van der Waals surface area contributed by atoms with Crippen LogP contribution in [0, 0.1) is 0 Å². The Hall–Kier alpha value is -5.46. The quantitative estimate of drug-likeness (QED) is 0.194. The van der Waals surface area contributed by atoms with E-state index in [-0.39, 0.29) is 0 Å². The van der Waals surface area contributed by atoms with Crippen LogP contribution in [-0.2, 0) is 6.42 Å². The molecular formula is C43H28. The lowest BCUT2D eigenvalue weighted by molar-refractivity contribution is 1.26. The highest BCUT2D eigenvalue weighted by atomic mass is 14.2. The lowest BCUT2D eigenvalue weighted by atomic mass is 9.83. The van der Waals surface area contributed by atoms with E-state index in [1.165, 1.54) is 88.0 Å². The van der Waals surface area contributed by atoms with Crippen molar-refractivity contribution in [2.45, 2.75) is 6.42 Å². The van der Waals surface area contributed by atoms with Crippen LogP contribution < -0.4 is 0 Å². The number of rotatable bonds is 3. The van der Waals surface area contributed by atoms with Gasteiger partial charge in [-0.3, -0.25) is 0 Å². The second kappa shape index (κ2) is 9.54. The molecule has 8 aromatic rings. The highest BCUT2D eigenvalue weighted by Crippen LogP contribution is 2.47. The molecule has 0 bridgehead atoms. The maximum absolute atomic E-state index is 2.40. The number of fused-ring (bicyclic) bond motifs is 6. The fourth-order valence-electron chi connectivity index (χ4n) is 7.39. The Balaban J connectivity index is 1.32. The lowest BCUT2D eigenvalue weighted by Crippen LogP contribution is -1.92. The standard InChI is InChI=1S/C43H28/c1-2-12-28(13-3-1)42-36-18-8-10-20-38(36)43(39-21-11-9-19-37(39)42)40-25-24-33(34-16-6-7-17-35(34)40)31-23-22-30-26-29-14-4-5-15-32(29)41(30)27-31/h1-25,27H,26H2. The molecule has 0 saturated carbocycles. The van der Waals surface area contributed by atoms with Crippen molar-refractivity contribution < 1.29 is 0 Å². The zero-order valence-corrected chi connectivity index (χ0v) is 23.7. The number of hydrogen-bond acceptors (Lipinski definition) is 0. The van der Waals surface area contributed by atoms with Crippen LogP contribution in [0.25, 0.3) is 76.8 Å². The van der Waals surface area contributed by atoms with Gasteiger partial charge >= 0.3 is 0 Å². The van der Waals surface area contributed by atoms with Gasteiger partial charge in [0.05, 0.1) is 0 Å². The van der Waals surface area contributed by atoms with Gasteiger partial charge in [-0.25, -0.2) is 0 Å². The summed E-state index contributed by atoms with van der Waals surface area (Å²) in [6, 6.07) is 58.2. The van der Waals surface area contributed by atoms with Crippen LogP contribution in [0.2, 0.25) is 0 Å². The van der Waals surface area contributed by atoms with Crippen molar-refractivity contribution in [2.75, 3.05) is 0 Å². The largest absolute Gasteiger partial charge is 0.0622 e. The van der Waals surface area contributed by atoms with Crippen LogP contribution in [0.5, 0.6) is 0 Å². The normalized spacial score (nSPS) is 12.1. The average Bonchev–Trinajstić information content (AvgIpc) is 3.45. The Labute approximate surface area is 251 Å². The van der Waals surface area contributed by atoms with Crippen molar-refractivity contribution in [1.29, 1.82) is 0 Å². The van der Waals surface area contributed by atoms with E-state index in [4.69, 9.17) is 0 Å². The van der Waals surface area contributed by atoms with E-state index in [1.807, 2.05) is 0 Å². The van der Waals surface area contributed by atoms with Crippen molar-refractivity contribution in [1.82, 2.24) is 0 Å². The molecular weight excluding hydrogens is 516 g/mol. The summed E-state index contributed by atoms with van der Waals surface area (Å²) in [5.74, 6) is 0. The van der Waals surface area contributed by atoms with Gasteiger partial charge in [-0.05, 0) is 100 Å². The van der Waals surface area contributed by atoms with E-state index >= 15 is 0 Å². The molecule has 0 heterocycles. The molecule has 200 valence electrons. The Morgan fingerprint density at radius 3 is 1.49 bits per heavy atom. The third-order valence-electron chi connectivity index (χ3n) is 9.30. The summed E-state index contributed by atoms with van der Waals surface area (Å²) in [6.45, 7) is 0. The minimum atomic E-state index is 1.02. The van der Waals surface area contributed by atoms with Gasteiger partial charge in [0, 0.05) is 0 Å². The molecule has 0 saturated heterocycles. The molecule has 0 aliphatic heterocycles. The summed E-state index contributed by atoms with van der Waals surface area (Å²) in [4.78, 5) is 0. The fourth-order valence-corrected chi connectivity index (χ4v) is 7.39. The molecule has 9 rings (SSSR count). The molecule has 43 heavy (non-hydrogen) atoms. The number of hydrogen-bond donors (Lipinski definition) is 0. The zero-order valence-electron chi connectivity index (χ0n) is 23.7. The summed E-state index contributed by atoms with van der Waals surface area (Å²) in [5, 5.41) is 7.70. The molecule has 0 heteroatoms. The van der Waals surface area contributed by atoms with E-state index < -0.39 is 0 Å². The Bertz CT molecular complexity index is 2300. The summed E-state index contributed by atoms with van der Waals surface area (Å²) >= 11 is 0. The highest BCUT2D eigenvalue weighted by Gasteiger charge is 2.21. The Morgan fingerprint density at radius 1 is 0.279 bits per heavy atom. The molecule has 0 unspecified atom stereocenters. The third-order valence-corrected chi connectivity index (χ3v) is 9.30. The molecule has 0 fully saturated rings. The van der Waals surface area contributed by atoms with E-state index in [9.17, 15) is 0 Å². The maximum Gasteiger partial charge on any atom is -0.00134 e. The van der Waals surface area contributed by atoms with Crippen LogP contribution in [0.4, 0.5) is 0 Å². The van der Waals surface area contributed by atoms with E-state index in [1.54, 1.807) is 0 Å². The first-order chi connectivity index (χ1) is 21.3. The van der Waals surface area contributed by atoms with Crippen molar-refractivity contribution in [3.63, 3.8) is 0 Å². The molecule has 1 aliphatic rings. The second-order valence-electron chi connectivity index (χ2n) is 11.6. The molecule has 0 N–H and O–H groups in total. The van der Waals surface area contributed by atoms with Crippen LogP contribution >= 0.6 is 0 Å². The zero-order chi connectivity index (χ0) is 28.3. The van der Waals surface area contributed by atoms with Gasteiger partial charge in [-0.15, -0.1) is 0 Å². The van der Waals surface area contributed by atoms with Gasteiger partial charge < -0.3 is 0 Å². The topological polar surface area (TPSA) is 0 Å². The van der Waals surface area contributed by atoms with Gasteiger partial charge in [0.15, 0.2) is 0 Å². The predicted octanol–water partition coefficient (Wildman–Crippen LogP) is 11.7. The summed E-state index contributed by atoms with van der Waals surface area (Å²) in [6.07, 6.45) is 1.02. The molecule has 0 amide bonds. The molecule has 1 aliphatic carbocycles. The monoisotopic (exact) mass is 544 g/mol. The van der Waals surface area contributed by atoms with Gasteiger partial charge in [-0.2, -0.15) is 0 Å². The van der Waals surface area contributed by atoms with E-state index in [2.05, 4.69) is 158 Å². The van der Waals surface area contributed by atoms with Crippen LogP contribution in [0.15, 0.2) is 158 Å². The summed E-state index contributed by atoms with van der Waals surface area (Å²) in [7, 11) is 0. The molecule has 0 atom stereocenters. The molecule has 0 nitrogen and oxygen atoms in total. The third kappa shape index (κ3) is 3.70. The first kappa shape index (κ1) is 24.2. The first-order valence-electron chi connectivity index (χ1n) is 15.1. The smallest absolute Gasteiger partial charge is 0.00134 e. The van der Waals surface area contributed by atoms with Crippen LogP contribution in [0.1, 0.15) is 11.1 Å². The molecule has 0 aromatic heterocycles. The van der Waals surface area contributed by atoms with E-state index in [0.717, 1.165) is 6.42 Å². The molecule has 8 aromatic carbocycles. The van der Waals surface area contributed by atoms with Gasteiger partial charge in [0.25, 0.3) is 0 Å². The van der Waals surface area contributed by atoms with Crippen molar-refractivity contribution in [3.05, 3.63) is 169 Å². The fraction of sp³-hybridized carbons (Fsp3) is 0.0233. The minimum absolute atomic E-state index is 1.02. The van der Waals surface area contributed by atoms with Gasteiger partial charge in [-0.1, -0.05) is 152 Å². The van der Waals surface area contributed by atoms with Crippen LogP contribution in [0.3, 0.4) is 0 Å². The molecule has 0 spiro atoms. The Kier molecular flexibility index (Phi) is 5.36. The van der Waals surface area contributed by atoms with Crippen LogP contribution in [-0.4, -0.2) is 0 Å². The minimum Gasteiger partial charge on any atom is -0.0622 e. The van der Waals surface area contributed by atoms with Gasteiger partial charge in [0.2, 0.25) is 0 Å². The van der Waals surface area contributed by atoms with Crippen molar-refractivity contribution in [3.8, 4) is 44.5 Å². The SMILES string of the molecule is c1ccc(-c2c3ccccc3c(-c3ccc(-c4ccc5c(c4)-c4ccccc4C5)c4ccccc34)c3ccccc23)cc1. The summed E-state index contributed by atoms with van der Waals surface area (Å²) in [5.41, 5.74) is 13.3. The number of benzene rings is 8. The Morgan fingerprint density at radius 2 is 0.791 bits per heavy atom. The highest BCUT2D eigenvalue weighted by molar-refractivity contribution is 6.24. The van der Waals surface area contributed by atoms with Gasteiger partial charge in [0.1, 0.15) is 0 Å². The maximum atomic E-state index is 2.40. The predicted molar refractivity (Wildman–Crippen MR) is 184 cm³/mol. The van der Waals surface area contributed by atoms with Crippen molar-refractivity contribution in [2.24, 2.45) is 0 Å². The lowest BCUT2D eigenvalue weighted by Gasteiger charge is -2.19. The average molecular weight is 545 g/mol. The second-order valence-corrected chi connectivity index (χ2v) is 11.6. The summed E-state index contributed by atoms with van der Waals surface area (Å²) < 4.78 is 0. The van der Waals surface area contributed by atoms with Crippen molar-refractivity contribution >= 4 is 32.3 Å². The molecule has 0 radical (unpaired) electrons.